The first kappa shape index (κ1) is 17.7. The van der Waals surface area contributed by atoms with Gasteiger partial charge in [-0.2, -0.15) is 0 Å². The van der Waals surface area contributed by atoms with Crippen molar-refractivity contribution in [2.24, 2.45) is 5.73 Å². The lowest BCUT2D eigenvalue weighted by Crippen LogP contribution is -2.40. The number of halogens is 1. The average molecular weight is 397 g/mol. The number of nitrogens with zero attached hydrogens (tertiary/aromatic N) is 1. The molecule has 1 aliphatic carbocycles. The van der Waals surface area contributed by atoms with Crippen molar-refractivity contribution in [1.29, 1.82) is 0 Å². The summed E-state index contributed by atoms with van der Waals surface area (Å²) < 4.78 is 12.5. The summed E-state index contributed by atoms with van der Waals surface area (Å²) in [5.74, 6) is 0.933. The van der Waals surface area contributed by atoms with E-state index in [0.717, 1.165) is 41.5 Å². The Balaban J connectivity index is 1.75. The highest BCUT2D eigenvalue weighted by atomic mass is 79.9. The Hall–Kier alpha value is -1.11. The van der Waals surface area contributed by atoms with Gasteiger partial charge in [0.15, 0.2) is 0 Å². The predicted molar refractivity (Wildman–Crippen MR) is 95.8 cm³/mol. The van der Waals surface area contributed by atoms with Gasteiger partial charge in [-0.1, -0.05) is 15.9 Å². The summed E-state index contributed by atoms with van der Waals surface area (Å²) in [4.78, 5) is 14.9. The van der Waals surface area contributed by atoms with E-state index in [-0.39, 0.29) is 18.1 Å². The fourth-order valence-electron chi connectivity index (χ4n) is 3.17. The molecule has 2 fully saturated rings. The van der Waals surface area contributed by atoms with Crippen LogP contribution >= 0.6 is 15.9 Å². The molecule has 2 N–H and O–H groups in total. The minimum Gasteiger partial charge on any atom is -0.494 e. The molecule has 1 heterocycles. The minimum atomic E-state index is -0.346. The van der Waals surface area contributed by atoms with E-state index in [0.29, 0.717) is 25.7 Å². The smallest absolute Gasteiger partial charge is 0.252 e. The maximum atomic E-state index is 13.0. The quantitative estimate of drug-likeness (QED) is 0.769. The van der Waals surface area contributed by atoms with Crippen molar-refractivity contribution in [3.05, 3.63) is 28.2 Å². The van der Waals surface area contributed by atoms with Crippen molar-refractivity contribution >= 4 is 21.8 Å². The van der Waals surface area contributed by atoms with E-state index in [1.54, 1.807) is 0 Å². The second-order valence-electron chi connectivity index (χ2n) is 6.44. The number of carbonyl (C=O) groups excluding carboxylic acids is 1. The largest absolute Gasteiger partial charge is 0.494 e. The van der Waals surface area contributed by atoms with Gasteiger partial charge in [0, 0.05) is 29.2 Å². The summed E-state index contributed by atoms with van der Waals surface area (Å²) >= 11 is 3.51. The summed E-state index contributed by atoms with van der Waals surface area (Å²) in [5.41, 5.74) is 6.69. The molecule has 3 rings (SSSR count). The molecule has 0 unspecified atom stereocenters. The zero-order valence-corrected chi connectivity index (χ0v) is 15.6. The molecule has 132 valence electrons. The molecule has 1 aliphatic heterocycles. The summed E-state index contributed by atoms with van der Waals surface area (Å²) in [6.07, 6.45) is 3.44. The number of nitrogens with two attached hydrogens (primary N) is 1. The zero-order valence-electron chi connectivity index (χ0n) is 14.0. The van der Waals surface area contributed by atoms with Gasteiger partial charge in [-0.05, 0) is 50.8 Å². The lowest BCUT2D eigenvalue weighted by Gasteiger charge is -2.26. The second kappa shape index (κ2) is 7.85. The Morgan fingerprint density at radius 2 is 2.17 bits per heavy atom. The van der Waals surface area contributed by atoms with Crippen LogP contribution in [-0.4, -0.2) is 42.2 Å². The van der Waals surface area contributed by atoms with Crippen LogP contribution in [0.3, 0.4) is 0 Å². The Morgan fingerprint density at radius 3 is 2.79 bits per heavy atom. The third-order valence-corrected chi connectivity index (χ3v) is 5.07. The number of rotatable bonds is 7. The number of hydrogen-bond acceptors (Lipinski definition) is 4. The Morgan fingerprint density at radius 1 is 1.38 bits per heavy atom. The van der Waals surface area contributed by atoms with Crippen LogP contribution in [0.1, 0.15) is 38.2 Å². The van der Waals surface area contributed by atoms with Crippen LogP contribution in [0.4, 0.5) is 0 Å². The molecular formula is C18H25BrN2O3. The molecule has 0 radical (unpaired) electrons. The molecule has 1 aromatic carbocycles. The first-order valence-corrected chi connectivity index (χ1v) is 9.49. The van der Waals surface area contributed by atoms with Gasteiger partial charge in [-0.25, -0.2) is 0 Å². The third kappa shape index (κ3) is 4.10. The third-order valence-electron chi connectivity index (χ3n) is 4.58. The standard InChI is InChI=1S/C18H25BrN2O3/c1-2-23-16-7-3-13(19)9-12(16)11-21(14-4-5-14)18(22)17-8-6-15(10-20)24-17/h3,7,9,14-15,17H,2,4-6,8,10-11,20H2,1H3/t15-,17+/m1/s1. The fourth-order valence-corrected chi connectivity index (χ4v) is 3.58. The van der Waals surface area contributed by atoms with Gasteiger partial charge in [-0.15, -0.1) is 0 Å². The van der Waals surface area contributed by atoms with Crippen LogP contribution in [0.25, 0.3) is 0 Å². The van der Waals surface area contributed by atoms with Gasteiger partial charge in [0.25, 0.3) is 5.91 Å². The SMILES string of the molecule is CCOc1ccc(Br)cc1CN(C(=O)[C@@H]1CC[C@H](CN)O1)C1CC1. The van der Waals surface area contributed by atoms with E-state index < -0.39 is 0 Å². The summed E-state index contributed by atoms with van der Waals surface area (Å²) in [6.45, 7) is 3.61. The van der Waals surface area contributed by atoms with Crippen LogP contribution in [0.2, 0.25) is 0 Å². The number of carbonyl (C=O) groups is 1. The number of benzene rings is 1. The lowest BCUT2D eigenvalue weighted by molar-refractivity contribution is -0.144. The van der Waals surface area contributed by atoms with Gasteiger partial charge in [-0.3, -0.25) is 4.79 Å². The molecule has 0 spiro atoms. The number of hydrogen-bond donors (Lipinski definition) is 1. The molecule has 2 aliphatic rings. The Bertz CT molecular complexity index is 592. The molecule has 1 saturated carbocycles. The van der Waals surface area contributed by atoms with Crippen molar-refractivity contribution in [3.63, 3.8) is 0 Å². The number of amides is 1. The van der Waals surface area contributed by atoms with Gasteiger partial charge < -0.3 is 20.1 Å². The topological polar surface area (TPSA) is 64.8 Å². The van der Waals surface area contributed by atoms with Crippen molar-refractivity contribution in [1.82, 2.24) is 4.90 Å². The highest BCUT2D eigenvalue weighted by Gasteiger charge is 2.39. The monoisotopic (exact) mass is 396 g/mol. The molecule has 2 atom stereocenters. The molecule has 6 heteroatoms. The zero-order chi connectivity index (χ0) is 17.1. The molecule has 0 aromatic heterocycles. The van der Waals surface area contributed by atoms with Crippen molar-refractivity contribution in [2.45, 2.75) is 57.4 Å². The summed E-state index contributed by atoms with van der Waals surface area (Å²) in [7, 11) is 0. The van der Waals surface area contributed by atoms with Crippen LogP contribution in [0.15, 0.2) is 22.7 Å². The van der Waals surface area contributed by atoms with Crippen molar-refractivity contribution in [3.8, 4) is 5.75 Å². The summed E-state index contributed by atoms with van der Waals surface area (Å²) in [6, 6.07) is 6.27. The Labute approximate surface area is 151 Å². The van der Waals surface area contributed by atoms with E-state index in [1.165, 1.54) is 0 Å². The second-order valence-corrected chi connectivity index (χ2v) is 7.36. The van der Waals surface area contributed by atoms with Gasteiger partial charge in [0.2, 0.25) is 0 Å². The molecule has 24 heavy (non-hydrogen) atoms. The van der Waals surface area contributed by atoms with Crippen molar-refractivity contribution < 1.29 is 14.3 Å². The van der Waals surface area contributed by atoms with E-state index in [4.69, 9.17) is 15.2 Å². The molecule has 0 bridgehead atoms. The van der Waals surface area contributed by atoms with E-state index in [2.05, 4.69) is 15.9 Å². The lowest BCUT2D eigenvalue weighted by atomic mass is 10.1. The van der Waals surface area contributed by atoms with E-state index in [9.17, 15) is 4.79 Å². The molecule has 5 nitrogen and oxygen atoms in total. The van der Waals surface area contributed by atoms with Crippen LogP contribution in [0, 0.1) is 0 Å². The first-order chi connectivity index (χ1) is 11.6. The summed E-state index contributed by atoms with van der Waals surface area (Å²) in [5, 5.41) is 0. The van der Waals surface area contributed by atoms with Crippen LogP contribution < -0.4 is 10.5 Å². The average Bonchev–Trinajstić information content (AvgIpc) is 3.30. The fraction of sp³-hybridized carbons (Fsp3) is 0.611. The Kier molecular flexibility index (Phi) is 5.79. The molecule has 1 aromatic rings. The van der Waals surface area contributed by atoms with E-state index >= 15 is 0 Å². The maximum absolute atomic E-state index is 13.0. The van der Waals surface area contributed by atoms with Crippen LogP contribution in [0.5, 0.6) is 5.75 Å². The van der Waals surface area contributed by atoms with E-state index in [1.807, 2.05) is 30.0 Å². The van der Waals surface area contributed by atoms with Gasteiger partial charge in [0.05, 0.1) is 12.7 Å². The normalized spacial score (nSPS) is 23.3. The molecule has 1 saturated heterocycles. The number of ether oxygens (including phenoxy) is 2. The predicted octanol–water partition coefficient (Wildman–Crippen LogP) is 2.85. The van der Waals surface area contributed by atoms with Crippen LogP contribution in [-0.2, 0) is 16.1 Å². The van der Waals surface area contributed by atoms with Gasteiger partial charge in [0.1, 0.15) is 11.9 Å². The highest BCUT2D eigenvalue weighted by molar-refractivity contribution is 9.10. The van der Waals surface area contributed by atoms with Gasteiger partial charge >= 0.3 is 0 Å². The highest BCUT2D eigenvalue weighted by Crippen LogP contribution is 2.34. The molecular weight excluding hydrogens is 372 g/mol. The first-order valence-electron chi connectivity index (χ1n) is 8.69. The maximum Gasteiger partial charge on any atom is 0.252 e. The minimum absolute atomic E-state index is 0.0184. The molecule has 1 amide bonds. The van der Waals surface area contributed by atoms with Crippen molar-refractivity contribution in [2.75, 3.05) is 13.2 Å².